The lowest BCUT2D eigenvalue weighted by Gasteiger charge is -2.30. The summed E-state index contributed by atoms with van der Waals surface area (Å²) in [6, 6.07) is 11.0. The number of benzene rings is 2. The Morgan fingerprint density at radius 2 is 1.84 bits per heavy atom. The Balaban J connectivity index is 1.79. The molecular formula is C21H20ClN5O4S. The van der Waals surface area contributed by atoms with E-state index in [0.717, 1.165) is 6.42 Å². The molecule has 1 unspecified atom stereocenters. The molecule has 0 saturated carbocycles. The first-order valence-corrected chi connectivity index (χ1v) is 11.6. The van der Waals surface area contributed by atoms with Crippen molar-refractivity contribution in [1.82, 2.24) is 14.7 Å². The normalized spacial score (nSPS) is 14.6. The number of likely N-dealkylation sites (tertiary alicyclic amines) is 1. The van der Waals surface area contributed by atoms with Crippen LogP contribution in [0.1, 0.15) is 33.8 Å². The minimum absolute atomic E-state index is 0.140. The average molecular weight is 474 g/mol. The van der Waals surface area contributed by atoms with Crippen LogP contribution in [-0.2, 0) is 14.8 Å². The second-order valence-corrected chi connectivity index (χ2v) is 9.39. The van der Waals surface area contributed by atoms with Crippen molar-refractivity contribution in [2.75, 3.05) is 13.1 Å². The standard InChI is InChI=1S/C21H20ClN5O4S/c22-16-5-2-1-4-15(16)19(20(23)28)13-6-7-17(18(10-13)32(24,30)31)27-12-14(11-25-27)21(29)26-8-3-9-26/h1-2,4-7,10-12,19H,3,8-9H2,(H2,23,28)(H2,24,30,31). The number of nitrogens with zero attached hydrogens (tertiary/aromatic N) is 3. The largest absolute Gasteiger partial charge is 0.369 e. The number of amides is 2. The zero-order chi connectivity index (χ0) is 23.0. The van der Waals surface area contributed by atoms with Gasteiger partial charge in [0.25, 0.3) is 5.91 Å². The van der Waals surface area contributed by atoms with Gasteiger partial charge in [0.2, 0.25) is 15.9 Å². The van der Waals surface area contributed by atoms with Crippen LogP contribution in [0.15, 0.2) is 59.8 Å². The fourth-order valence-corrected chi connectivity index (χ4v) is 4.60. The summed E-state index contributed by atoms with van der Waals surface area (Å²) in [5, 5.41) is 9.93. The van der Waals surface area contributed by atoms with E-state index in [4.69, 9.17) is 22.5 Å². The lowest BCUT2D eigenvalue weighted by molar-refractivity contribution is -0.118. The van der Waals surface area contributed by atoms with Crippen molar-refractivity contribution in [3.05, 3.63) is 76.6 Å². The Morgan fingerprint density at radius 3 is 2.44 bits per heavy atom. The molecule has 0 bridgehead atoms. The first-order chi connectivity index (χ1) is 15.2. The van der Waals surface area contributed by atoms with Crippen LogP contribution in [0.5, 0.6) is 0 Å². The molecule has 0 spiro atoms. The molecule has 9 nitrogen and oxygen atoms in total. The number of hydrogen-bond donors (Lipinski definition) is 2. The van der Waals surface area contributed by atoms with E-state index in [2.05, 4.69) is 5.10 Å². The Bertz CT molecular complexity index is 1320. The topological polar surface area (TPSA) is 141 Å². The molecule has 1 aliphatic rings. The van der Waals surface area contributed by atoms with Crippen molar-refractivity contribution in [3.8, 4) is 5.69 Å². The van der Waals surface area contributed by atoms with Gasteiger partial charge < -0.3 is 10.6 Å². The van der Waals surface area contributed by atoms with Crippen LogP contribution in [0.25, 0.3) is 5.69 Å². The molecule has 1 aromatic heterocycles. The van der Waals surface area contributed by atoms with Crippen molar-refractivity contribution >= 4 is 33.4 Å². The molecule has 0 aliphatic carbocycles. The number of hydrogen-bond acceptors (Lipinski definition) is 5. The number of carbonyl (C=O) groups excluding carboxylic acids is 2. The van der Waals surface area contributed by atoms with Crippen LogP contribution in [0.2, 0.25) is 5.02 Å². The Morgan fingerprint density at radius 1 is 1.12 bits per heavy atom. The van der Waals surface area contributed by atoms with Crippen LogP contribution in [0.4, 0.5) is 0 Å². The van der Waals surface area contributed by atoms with Gasteiger partial charge in [0.1, 0.15) is 4.90 Å². The summed E-state index contributed by atoms with van der Waals surface area (Å²) in [6.07, 6.45) is 3.77. The van der Waals surface area contributed by atoms with E-state index in [9.17, 15) is 18.0 Å². The Labute approximate surface area is 189 Å². The molecule has 32 heavy (non-hydrogen) atoms. The molecule has 11 heteroatoms. The quantitative estimate of drug-likeness (QED) is 0.559. The Hall–Kier alpha value is -3.21. The smallest absolute Gasteiger partial charge is 0.257 e. The lowest BCUT2D eigenvalue weighted by Crippen LogP contribution is -2.41. The van der Waals surface area contributed by atoms with E-state index in [-0.39, 0.29) is 16.5 Å². The van der Waals surface area contributed by atoms with E-state index in [0.29, 0.717) is 34.8 Å². The summed E-state index contributed by atoms with van der Waals surface area (Å²) in [7, 11) is -4.22. The molecule has 1 fully saturated rings. The number of sulfonamides is 1. The van der Waals surface area contributed by atoms with Gasteiger partial charge in [0, 0.05) is 24.3 Å². The molecule has 0 radical (unpaired) electrons. The molecule has 2 heterocycles. The second kappa shape index (κ2) is 8.38. The molecule has 4 rings (SSSR count). The van der Waals surface area contributed by atoms with Gasteiger partial charge in [0.15, 0.2) is 0 Å². The summed E-state index contributed by atoms with van der Waals surface area (Å²) in [5.41, 5.74) is 6.85. The summed E-state index contributed by atoms with van der Waals surface area (Å²) < 4.78 is 26.1. The monoisotopic (exact) mass is 473 g/mol. The van der Waals surface area contributed by atoms with Crippen molar-refractivity contribution in [3.63, 3.8) is 0 Å². The molecule has 2 aromatic carbocycles. The highest BCUT2D eigenvalue weighted by molar-refractivity contribution is 7.89. The Kier molecular flexibility index (Phi) is 5.76. The van der Waals surface area contributed by atoms with E-state index in [1.165, 1.54) is 29.2 Å². The predicted octanol–water partition coefficient (Wildman–Crippen LogP) is 1.64. The number of halogens is 1. The van der Waals surface area contributed by atoms with E-state index < -0.39 is 21.8 Å². The summed E-state index contributed by atoms with van der Waals surface area (Å²) in [4.78, 5) is 26.1. The SMILES string of the molecule is NC(=O)C(c1ccc(-n2cc(C(=O)N3CCC3)cn2)c(S(N)(=O)=O)c1)c1ccccc1Cl. The minimum atomic E-state index is -4.22. The third-order valence-electron chi connectivity index (χ3n) is 5.34. The molecule has 4 N–H and O–H groups in total. The van der Waals surface area contributed by atoms with Gasteiger partial charge in [-0.2, -0.15) is 5.10 Å². The highest BCUT2D eigenvalue weighted by atomic mass is 35.5. The molecule has 3 aromatic rings. The van der Waals surface area contributed by atoms with Gasteiger partial charge in [-0.05, 0) is 35.7 Å². The molecule has 1 aliphatic heterocycles. The fraction of sp³-hybridized carbons (Fsp3) is 0.190. The third-order valence-corrected chi connectivity index (χ3v) is 6.63. The van der Waals surface area contributed by atoms with Crippen LogP contribution in [0, 0.1) is 0 Å². The van der Waals surface area contributed by atoms with Crippen LogP contribution < -0.4 is 10.9 Å². The number of carbonyl (C=O) groups is 2. The third kappa shape index (κ3) is 4.12. The van der Waals surface area contributed by atoms with Gasteiger partial charge in [-0.3, -0.25) is 9.59 Å². The molecule has 1 saturated heterocycles. The predicted molar refractivity (Wildman–Crippen MR) is 118 cm³/mol. The number of nitrogens with two attached hydrogens (primary N) is 2. The van der Waals surface area contributed by atoms with Gasteiger partial charge in [-0.25, -0.2) is 18.2 Å². The molecular weight excluding hydrogens is 454 g/mol. The van der Waals surface area contributed by atoms with Gasteiger partial charge in [-0.1, -0.05) is 35.9 Å². The zero-order valence-electron chi connectivity index (χ0n) is 16.8. The van der Waals surface area contributed by atoms with Crippen molar-refractivity contribution < 1.29 is 18.0 Å². The zero-order valence-corrected chi connectivity index (χ0v) is 18.4. The fourth-order valence-electron chi connectivity index (χ4n) is 3.60. The van der Waals surface area contributed by atoms with E-state index in [1.807, 2.05) is 0 Å². The van der Waals surface area contributed by atoms with E-state index in [1.54, 1.807) is 35.2 Å². The first-order valence-electron chi connectivity index (χ1n) is 9.71. The number of rotatable bonds is 6. The average Bonchev–Trinajstić information content (AvgIpc) is 3.17. The van der Waals surface area contributed by atoms with Gasteiger partial charge >= 0.3 is 0 Å². The van der Waals surface area contributed by atoms with Crippen LogP contribution in [-0.4, -0.2) is 48.0 Å². The second-order valence-electron chi connectivity index (χ2n) is 7.45. The van der Waals surface area contributed by atoms with E-state index >= 15 is 0 Å². The number of aromatic nitrogens is 2. The first kappa shape index (κ1) is 22.0. The number of primary sulfonamides is 1. The highest BCUT2D eigenvalue weighted by Crippen LogP contribution is 2.33. The maximum absolute atomic E-state index is 12.4. The lowest BCUT2D eigenvalue weighted by atomic mass is 9.90. The molecule has 166 valence electrons. The highest BCUT2D eigenvalue weighted by Gasteiger charge is 2.27. The maximum Gasteiger partial charge on any atom is 0.257 e. The van der Waals surface area contributed by atoms with Crippen molar-refractivity contribution in [1.29, 1.82) is 0 Å². The van der Waals surface area contributed by atoms with Gasteiger partial charge in [0.05, 0.1) is 23.4 Å². The minimum Gasteiger partial charge on any atom is -0.369 e. The molecule has 1 atom stereocenters. The summed E-state index contributed by atoms with van der Waals surface area (Å²) in [6.45, 7) is 1.36. The maximum atomic E-state index is 12.4. The van der Waals surface area contributed by atoms with Crippen molar-refractivity contribution in [2.45, 2.75) is 17.2 Å². The van der Waals surface area contributed by atoms with Crippen LogP contribution >= 0.6 is 11.6 Å². The van der Waals surface area contributed by atoms with Gasteiger partial charge in [-0.15, -0.1) is 0 Å². The van der Waals surface area contributed by atoms with Crippen LogP contribution in [0.3, 0.4) is 0 Å². The number of primary amides is 1. The summed E-state index contributed by atoms with van der Waals surface area (Å²) >= 11 is 6.24. The summed E-state index contributed by atoms with van der Waals surface area (Å²) in [5.74, 6) is -1.86. The van der Waals surface area contributed by atoms with Crippen molar-refractivity contribution in [2.24, 2.45) is 10.9 Å². The molecule has 2 amide bonds.